The van der Waals surface area contributed by atoms with E-state index in [-0.39, 0.29) is 36.2 Å². The number of ether oxygens (including phenoxy) is 1. The molecular weight excluding hydrogens is 321 g/mol. The Morgan fingerprint density at radius 1 is 1.48 bits per heavy atom. The van der Waals surface area contributed by atoms with Crippen LogP contribution in [0.2, 0.25) is 0 Å². The zero-order valence-corrected chi connectivity index (χ0v) is 13.3. The van der Waals surface area contributed by atoms with E-state index in [1.807, 2.05) is 6.92 Å². The first-order valence-corrected chi connectivity index (χ1v) is 6.39. The lowest BCUT2D eigenvalue weighted by atomic mass is 10.1. The molecule has 0 amide bonds. The van der Waals surface area contributed by atoms with Crippen LogP contribution in [-0.2, 0) is 6.54 Å². The molecule has 0 spiro atoms. The Balaban J connectivity index is 0.00000110. The number of nitro groups is 1. The van der Waals surface area contributed by atoms with E-state index in [1.165, 1.54) is 6.20 Å². The first kappa shape index (κ1) is 18.0. The fourth-order valence-corrected chi connectivity index (χ4v) is 2.71. The van der Waals surface area contributed by atoms with Crippen molar-refractivity contribution < 1.29 is 9.66 Å². The monoisotopic (exact) mass is 339 g/mol. The quantitative estimate of drug-likeness (QED) is 0.644. The Labute approximate surface area is 134 Å². The summed E-state index contributed by atoms with van der Waals surface area (Å²) in [4.78, 5) is 16.4. The van der Waals surface area contributed by atoms with Gasteiger partial charge in [0.1, 0.15) is 11.8 Å². The maximum atomic E-state index is 10.6. The number of imidazole rings is 1. The van der Waals surface area contributed by atoms with Gasteiger partial charge >= 0.3 is 11.8 Å². The van der Waals surface area contributed by atoms with Crippen LogP contribution in [0.15, 0.2) is 6.20 Å². The van der Waals surface area contributed by atoms with E-state index >= 15 is 0 Å². The van der Waals surface area contributed by atoms with Crippen LogP contribution in [0.3, 0.4) is 0 Å². The minimum absolute atomic E-state index is 0. The maximum absolute atomic E-state index is 10.6. The van der Waals surface area contributed by atoms with Gasteiger partial charge in [-0.15, -0.1) is 24.8 Å². The van der Waals surface area contributed by atoms with E-state index in [9.17, 15) is 10.1 Å². The van der Waals surface area contributed by atoms with Crippen molar-refractivity contribution in [2.75, 3.05) is 32.7 Å². The SMILES string of the molecule is C[C@]1(CN2CCNCC2)Cn2cc([N+](=O)[O-])nc2O1.Cl.Cl. The normalized spacial score (nSPS) is 24.4. The van der Waals surface area contributed by atoms with Crippen LogP contribution in [0.4, 0.5) is 5.82 Å². The Morgan fingerprint density at radius 3 is 2.71 bits per heavy atom. The molecule has 0 unspecified atom stereocenters. The van der Waals surface area contributed by atoms with Crippen LogP contribution in [0, 0.1) is 10.1 Å². The molecule has 1 fully saturated rings. The zero-order chi connectivity index (χ0) is 13.5. The molecule has 120 valence electrons. The van der Waals surface area contributed by atoms with Gasteiger partial charge in [0.15, 0.2) is 0 Å². The molecule has 0 bridgehead atoms. The number of nitrogens with zero attached hydrogens (tertiary/aromatic N) is 4. The minimum Gasteiger partial charge on any atom is -0.436 e. The molecular formula is C11H19Cl2N5O3. The molecule has 0 radical (unpaired) electrons. The third kappa shape index (κ3) is 3.76. The maximum Gasteiger partial charge on any atom is 0.415 e. The van der Waals surface area contributed by atoms with Crippen LogP contribution >= 0.6 is 24.8 Å². The van der Waals surface area contributed by atoms with Crippen LogP contribution in [-0.4, -0.2) is 57.7 Å². The van der Waals surface area contributed by atoms with Crippen LogP contribution in [0.25, 0.3) is 0 Å². The second-order valence-corrected chi connectivity index (χ2v) is 5.34. The van der Waals surface area contributed by atoms with Crippen LogP contribution < -0.4 is 10.1 Å². The second kappa shape index (κ2) is 6.78. The first-order chi connectivity index (χ1) is 9.06. The molecule has 1 atom stereocenters. The number of piperazine rings is 1. The van der Waals surface area contributed by atoms with Gasteiger partial charge in [-0.05, 0) is 11.8 Å². The molecule has 1 saturated heterocycles. The molecule has 0 aromatic carbocycles. The second-order valence-electron chi connectivity index (χ2n) is 5.34. The number of rotatable bonds is 3. The van der Waals surface area contributed by atoms with E-state index in [0.29, 0.717) is 12.6 Å². The highest BCUT2D eigenvalue weighted by molar-refractivity contribution is 5.85. The van der Waals surface area contributed by atoms with Gasteiger partial charge in [0.25, 0.3) is 0 Å². The van der Waals surface area contributed by atoms with Gasteiger partial charge in [0, 0.05) is 37.7 Å². The van der Waals surface area contributed by atoms with Crippen molar-refractivity contribution in [1.29, 1.82) is 0 Å². The summed E-state index contributed by atoms with van der Waals surface area (Å²) in [6.45, 7) is 7.43. The van der Waals surface area contributed by atoms with Crippen molar-refractivity contribution in [2.24, 2.45) is 0 Å². The number of hydrogen-bond acceptors (Lipinski definition) is 6. The Bertz CT molecular complexity index is 481. The highest BCUT2D eigenvalue weighted by atomic mass is 35.5. The predicted octanol–water partition coefficient (Wildman–Crippen LogP) is 0.691. The minimum atomic E-state index is -0.498. The van der Waals surface area contributed by atoms with E-state index in [1.54, 1.807) is 4.57 Å². The molecule has 0 aliphatic carbocycles. The van der Waals surface area contributed by atoms with Crippen LogP contribution in [0.5, 0.6) is 6.01 Å². The number of hydrogen-bond donors (Lipinski definition) is 1. The van der Waals surface area contributed by atoms with E-state index in [0.717, 1.165) is 32.7 Å². The van der Waals surface area contributed by atoms with E-state index < -0.39 is 4.92 Å². The molecule has 2 aliphatic rings. The summed E-state index contributed by atoms with van der Waals surface area (Å²) in [6.07, 6.45) is 1.44. The van der Waals surface area contributed by atoms with Crippen molar-refractivity contribution in [3.63, 3.8) is 0 Å². The topological polar surface area (TPSA) is 85.5 Å². The smallest absolute Gasteiger partial charge is 0.415 e. The van der Waals surface area contributed by atoms with Gasteiger partial charge < -0.3 is 20.2 Å². The summed E-state index contributed by atoms with van der Waals surface area (Å²) < 4.78 is 7.54. The molecule has 21 heavy (non-hydrogen) atoms. The van der Waals surface area contributed by atoms with Gasteiger partial charge in [-0.25, -0.2) is 0 Å². The fourth-order valence-electron chi connectivity index (χ4n) is 2.71. The van der Waals surface area contributed by atoms with Crippen molar-refractivity contribution in [3.8, 4) is 6.01 Å². The lowest BCUT2D eigenvalue weighted by molar-refractivity contribution is -0.389. The number of aromatic nitrogens is 2. The predicted molar refractivity (Wildman–Crippen MR) is 81.7 cm³/mol. The van der Waals surface area contributed by atoms with Gasteiger partial charge in [0.05, 0.1) is 6.54 Å². The van der Waals surface area contributed by atoms with Crippen LogP contribution in [0.1, 0.15) is 6.92 Å². The molecule has 0 saturated carbocycles. The van der Waals surface area contributed by atoms with Crippen molar-refractivity contribution in [3.05, 3.63) is 16.3 Å². The van der Waals surface area contributed by atoms with Gasteiger partial charge in [-0.3, -0.25) is 9.47 Å². The lowest BCUT2D eigenvalue weighted by Gasteiger charge is -2.33. The molecule has 3 rings (SSSR count). The number of nitrogens with one attached hydrogen (secondary N) is 1. The number of fused-ring (bicyclic) bond motifs is 1. The van der Waals surface area contributed by atoms with E-state index in [4.69, 9.17) is 4.74 Å². The Morgan fingerprint density at radius 2 is 2.14 bits per heavy atom. The average molecular weight is 340 g/mol. The summed E-state index contributed by atoms with van der Waals surface area (Å²) in [6, 6.07) is 0.351. The number of halogens is 2. The summed E-state index contributed by atoms with van der Waals surface area (Å²) in [7, 11) is 0. The first-order valence-electron chi connectivity index (χ1n) is 6.39. The third-order valence-corrected chi connectivity index (χ3v) is 3.52. The molecule has 10 heteroatoms. The molecule has 1 aromatic rings. The van der Waals surface area contributed by atoms with Gasteiger partial charge in [-0.1, -0.05) is 0 Å². The standard InChI is InChI=1S/C11H17N5O3.2ClH/c1-11(7-14-4-2-12-3-5-14)8-15-6-9(16(17)18)13-10(15)19-11;;/h6,12H,2-5,7-8H2,1H3;2*1H/t11-;;/m0../s1. The Kier molecular flexibility index (Phi) is 5.80. The molecule has 8 nitrogen and oxygen atoms in total. The molecule has 1 aromatic heterocycles. The third-order valence-electron chi connectivity index (χ3n) is 3.52. The summed E-state index contributed by atoms with van der Waals surface area (Å²) >= 11 is 0. The average Bonchev–Trinajstić information content (AvgIpc) is 2.85. The van der Waals surface area contributed by atoms with E-state index in [2.05, 4.69) is 15.2 Å². The highest BCUT2D eigenvalue weighted by Gasteiger charge is 2.41. The molecule has 1 N–H and O–H groups in total. The van der Waals surface area contributed by atoms with Gasteiger partial charge in [0.2, 0.25) is 0 Å². The largest absolute Gasteiger partial charge is 0.436 e. The Hall–Kier alpha value is -1.09. The lowest BCUT2D eigenvalue weighted by Crippen LogP contribution is -2.51. The fraction of sp³-hybridized carbons (Fsp3) is 0.727. The van der Waals surface area contributed by atoms with Crippen molar-refractivity contribution >= 4 is 30.6 Å². The van der Waals surface area contributed by atoms with Crippen molar-refractivity contribution in [2.45, 2.75) is 19.1 Å². The summed E-state index contributed by atoms with van der Waals surface area (Å²) in [5.74, 6) is -0.153. The van der Waals surface area contributed by atoms with Gasteiger partial charge in [-0.2, -0.15) is 0 Å². The molecule has 3 heterocycles. The highest BCUT2D eigenvalue weighted by Crippen LogP contribution is 2.31. The van der Waals surface area contributed by atoms with Crippen molar-refractivity contribution in [1.82, 2.24) is 19.8 Å². The summed E-state index contributed by atoms with van der Waals surface area (Å²) in [5, 5.41) is 14.0. The summed E-state index contributed by atoms with van der Waals surface area (Å²) in [5.41, 5.74) is -0.352. The zero-order valence-electron chi connectivity index (χ0n) is 11.7. The molecule has 2 aliphatic heterocycles.